The van der Waals surface area contributed by atoms with E-state index in [4.69, 9.17) is 9.72 Å². The van der Waals surface area contributed by atoms with Crippen LogP contribution < -0.4 is 15.6 Å². The number of benzene rings is 2. The number of nitrogens with zero attached hydrogens (tertiary/aromatic N) is 3. The molecule has 0 saturated carbocycles. The van der Waals surface area contributed by atoms with E-state index in [0.29, 0.717) is 26.8 Å². The van der Waals surface area contributed by atoms with E-state index in [1.807, 2.05) is 0 Å². The zero-order valence-electron chi connectivity index (χ0n) is 21.2. The van der Waals surface area contributed by atoms with E-state index in [9.17, 15) is 22.8 Å². The van der Waals surface area contributed by atoms with Gasteiger partial charge in [0.2, 0.25) is 5.91 Å². The van der Waals surface area contributed by atoms with Crippen molar-refractivity contribution in [3.63, 3.8) is 0 Å². The number of fused-ring (bicyclic) bond motifs is 3. The van der Waals surface area contributed by atoms with Crippen molar-refractivity contribution in [3.8, 4) is 11.4 Å². The van der Waals surface area contributed by atoms with Crippen LogP contribution in [0.25, 0.3) is 15.9 Å². The van der Waals surface area contributed by atoms with Crippen molar-refractivity contribution in [2.45, 2.75) is 31.2 Å². The van der Waals surface area contributed by atoms with Crippen LogP contribution >= 0.6 is 23.1 Å². The molecule has 1 N–H and O–H groups in total. The van der Waals surface area contributed by atoms with Crippen LogP contribution in [0.1, 0.15) is 22.9 Å². The van der Waals surface area contributed by atoms with Crippen molar-refractivity contribution in [1.82, 2.24) is 14.5 Å². The fraction of sp³-hybridized carbons (Fsp3) is 0.296. The van der Waals surface area contributed by atoms with Gasteiger partial charge in [-0.25, -0.2) is 4.98 Å². The van der Waals surface area contributed by atoms with Gasteiger partial charge in [-0.3, -0.25) is 19.1 Å². The Hall–Kier alpha value is -3.35. The highest BCUT2D eigenvalue weighted by Gasteiger charge is 2.30. The van der Waals surface area contributed by atoms with Gasteiger partial charge in [-0.15, -0.1) is 11.3 Å². The molecule has 0 spiro atoms. The third-order valence-electron chi connectivity index (χ3n) is 6.51. The maximum atomic E-state index is 13.9. The van der Waals surface area contributed by atoms with Crippen molar-refractivity contribution in [2.24, 2.45) is 0 Å². The first-order chi connectivity index (χ1) is 18.7. The monoisotopic (exact) mass is 574 g/mol. The number of anilines is 1. The molecule has 1 amide bonds. The molecule has 0 fully saturated rings. The molecule has 7 nitrogen and oxygen atoms in total. The molecule has 0 atom stereocenters. The smallest absolute Gasteiger partial charge is 0.416 e. The second-order valence-electron chi connectivity index (χ2n) is 8.95. The molecule has 4 aromatic rings. The topological polar surface area (TPSA) is 76.5 Å². The normalized spacial score (nSPS) is 13.9. The molecule has 0 aliphatic carbocycles. The third-order valence-corrected chi connectivity index (χ3v) is 8.56. The number of carbonyl (C=O) groups excluding carboxylic acids is 1. The minimum atomic E-state index is -4.52. The summed E-state index contributed by atoms with van der Waals surface area (Å²) in [4.78, 5) is 35.5. The molecule has 1 aliphatic heterocycles. The molecular weight excluding hydrogens is 549 g/mol. The van der Waals surface area contributed by atoms with Crippen LogP contribution in [0, 0.1) is 0 Å². The fourth-order valence-electron chi connectivity index (χ4n) is 4.50. The Morgan fingerprint density at radius 1 is 1.21 bits per heavy atom. The number of alkyl halides is 3. The molecule has 0 radical (unpaired) electrons. The van der Waals surface area contributed by atoms with Gasteiger partial charge in [-0.2, -0.15) is 13.2 Å². The summed E-state index contributed by atoms with van der Waals surface area (Å²) in [5.41, 5.74) is 0.572. The maximum absolute atomic E-state index is 13.9. The van der Waals surface area contributed by atoms with Crippen LogP contribution in [0.4, 0.5) is 18.9 Å². The highest BCUT2D eigenvalue weighted by Crippen LogP contribution is 2.35. The van der Waals surface area contributed by atoms with E-state index in [0.717, 1.165) is 60.4 Å². The number of thiophene rings is 1. The van der Waals surface area contributed by atoms with Gasteiger partial charge in [0.25, 0.3) is 5.56 Å². The Morgan fingerprint density at radius 2 is 1.97 bits per heavy atom. The Labute approximate surface area is 230 Å². The Morgan fingerprint density at radius 3 is 2.67 bits per heavy atom. The summed E-state index contributed by atoms with van der Waals surface area (Å²) in [5.74, 6) is -0.0407. The summed E-state index contributed by atoms with van der Waals surface area (Å²) in [5, 5.41) is 3.43. The van der Waals surface area contributed by atoms with Gasteiger partial charge in [0.15, 0.2) is 5.16 Å². The largest absolute Gasteiger partial charge is 0.497 e. The van der Waals surface area contributed by atoms with E-state index in [-0.39, 0.29) is 17.0 Å². The van der Waals surface area contributed by atoms with E-state index >= 15 is 0 Å². The average Bonchev–Trinajstić information content (AvgIpc) is 3.29. The highest BCUT2D eigenvalue weighted by molar-refractivity contribution is 7.99. The zero-order chi connectivity index (χ0) is 27.7. The van der Waals surface area contributed by atoms with E-state index in [1.54, 1.807) is 31.4 Å². The van der Waals surface area contributed by atoms with Gasteiger partial charge in [0.05, 0.1) is 29.5 Å². The first-order valence-electron chi connectivity index (χ1n) is 12.2. The van der Waals surface area contributed by atoms with Gasteiger partial charge >= 0.3 is 6.18 Å². The lowest BCUT2D eigenvalue weighted by molar-refractivity contribution is -0.137. The van der Waals surface area contributed by atoms with Crippen LogP contribution in [0.3, 0.4) is 0 Å². The van der Waals surface area contributed by atoms with Crippen LogP contribution in [0.5, 0.6) is 5.75 Å². The predicted molar refractivity (Wildman–Crippen MR) is 147 cm³/mol. The van der Waals surface area contributed by atoms with Crippen molar-refractivity contribution >= 4 is 44.9 Å². The summed E-state index contributed by atoms with van der Waals surface area (Å²) >= 11 is 2.54. The van der Waals surface area contributed by atoms with Crippen LogP contribution in [0.2, 0.25) is 0 Å². The van der Waals surface area contributed by atoms with Crippen molar-refractivity contribution in [2.75, 3.05) is 31.3 Å². The molecule has 39 heavy (non-hydrogen) atoms. The Kier molecular flexibility index (Phi) is 7.70. The predicted octanol–water partition coefficient (Wildman–Crippen LogP) is 5.58. The second kappa shape index (κ2) is 11.0. The number of hydrogen-bond acceptors (Lipinski definition) is 7. The van der Waals surface area contributed by atoms with E-state index in [2.05, 4.69) is 17.1 Å². The Balaban J connectivity index is 1.48. The van der Waals surface area contributed by atoms with Gasteiger partial charge < -0.3 is 10.1 Å². The number of nitrogens with one attached hydrogen (secondary N) is 1. The Bertz CT molecular complexity index is 1580. The zero-order valence-corrected chi connectivity index (χ0v) is 22.8. The van der Waals surface area contributed by atoms with Gasteiger partial charge in [0.1, 0.15) is 10.6 Å². The number of rotatable bonds is 7. The van der Waals surface area contributed by atoms with Gasteiger partial charge in [0, 0.05) is 23.7 Å². The summed E-state index contributed by atoms with van der Waals surface area (Å²) in [7, 11) is 1.55. The molecule has 0 unspecified atom stereocenters. The second-order valence-corrected chi connectivity index (χ2v) is 11.0. The average molecular weight is 575 g/mol. The van der Waals surface area contributed by atoms with Crippen molar-refractivity contribution < 1.29 is 22.7 Å². The molecule has 3 heterocycles. The highest BCUT2D eigenvalue weighted by atomic mass is 32.2. The van der Waals surface area contributed by atoms with Crippen LogP contribution in [0.15, 0.2) is 58.5 Å². The molecule has 2 aromatic heterocycles. The summed E-state index contributed by atoms with van der Waals surface area (Å²) in [6, 6.07) is 11.4. The minimum absolute atomic E-state index is 0.0396. The first kappa shape index (κ1) is 27.2. The molecule has 0 bridgehead atoms. The molecule has 12 heteroatoms. The SMILES string of the molecule is CCN1CCc2c(sc3nc(SCC(=O)Nc4cccc(C(F)(F)F)c4)n(-c4ccc(OC)cc4)c(=O)c23)C1. The summed E-state index contributed by atoms with van der Waals surface area (Å²) < 4.78 is 45.9. The number of carbonyl (C=O) groups is 1. The molecular formula is C27H25F3N4O3S2. The lowest BCUT2D eigenvalue weighted by Gasteiger charge is -2.25. The standard InChI is InChI=1S/C27H25F3N4O3S2/c1-3-33-12-11-20-21(14-33)39-24-23(20)25(36)34(18-7-9-19(37-2)10-8-18)26(32-24)38-15-22(35)31-17-6-4-5-16(13-17)27(28,29)30/h4-10,13H,3,11-12,14-15H2,1-2H3,(H,31,35). The fourth-order valence-corrected chi connectivity index (χ4v) is 6.62. The lowest BCUT2D eigenvalue weighted by atomic mass is 10.1. The van der Waals surface area contributed by atoms with Crippen LogP contribution in [-0.4, -0.2) is 46.3 Å². The first-order valence-corrected chi connectivity index (χ1v) is 14.0. The molecule has 204 valence electrons. The summed E-state index contributed by atoms with van der Waals surface area (Å²) in [6.45, 7) is 4.64. The molecule has 5 rings (SSSR count). The lowest BCUT2D eigenvalue weighted by Crippen LogP contribution is -2.30. The molecule has 2 aromatic carbocycles. The summed E-state index contributed by atoms with van der Waals surface area (Å²) in [6.07, 6.45) is -3.76. The molecule has 0 saturated heterocycles. The number of methoxy groups -OCH3 is 1. The maximum Gasteiger partial charge on any atom is 0.416 e. The number of aromatic nitrogens is 2. The number of amides is 1. The van der Waals surface area contributed by atoms with Gasteiger partial charge in [-0.1, -0.05) is 24.8 Å². The van der Waals surface area contributed by atoms with Crippen LogP contribution in [-0.2, 0) is 23.9 Å². The van der Waals surface area contributed by atoms with Crippen molar-refractivity contribution in [3.05, 3.63) is 74.9 Å². The minimum Gasteiger partial charge on any atom is -0.497 e. The molecule has 1 aliphatic rings. The quantitative estimate of drug-likeness (QED) is 0.229. The number of thioether (sulfide) groups is 1. The van der Waals surface area contributed by atoms with E-state index < -0.39 is 17.6 Å². The third kappa shape index (κ3) is 5.68. The number of halogens is 3. The van der Waals surface area contributed by atoms with Gasteiger partial charge in [-0.05, 0) is 61.0 Å². The number of likely N-dealkylation sites (N-methyl/N-ethyl adjacent to an activating group) is 1. The van der Waals surface area contributed by atoms with Crippen molar-refractivity contribution in [1.29, 1.82) is 0 Å². The van der Waals surface area contributed by atoms with E-state index in [1.165, 1.54) is 28.0 Å². The number of hydrogen-bond donors (Lipinski definition) is 1. The number of ether oxygens (including phenoxy) is 1.